The first-order valence-corrected chi connectivity index (χ1v) is 9.06. The lowest BCUT2D eigenvalue weighted by Gasteiger charge is -2.09. The van der Waals surface area contributed by atoms with Crippen LogP contribution in [0.2, 0.25) is 0 Å². The van der Waals surface area contributed by atoms with Gasteiger partial charge < -0.3 is 19.5 Å². The maximum Gasteiger partial charge on any atom is 0.0701 e. The molecule has 1 atom stereocenters. The van der Waals surface area contributed by atoms with Gasteiger partial charge in [-0.1, -0.05) is 20.3 Å². The maximum absolute atomic E-state index is 5.48. The highest BCUT2D eigenvalue weighted by atomic mass is 32.2. The molecule has 0 aromatic heterocycles. The van der Waals surface area contributed by atoms with E-state index in [1.165, 1.54) is 12.8 Å². The molecule has 0 aromatic rings. The molecule has 0 heterocycles. The summed E-state index contributed by atoms with van der Waals surface area (Å²) >= 11 is 1.91. The van der Waals surface area contributed by atoms with E-state index in [0.717, 1.165) is 38.0 Å². The average molecular weight is 308 g/mol. The summed E-state index contributed by atoms with van der Waals surface area (Å²) in [7, 11) is 0. The summed E-state index contributed by atoms with van der Waals surface area (Å²) in [5, 5.41) is 4.11. The minimum Gasteiger partial charge on any atom is -0.379 e. The fraction of sp³-hybridized carbons (Fsp3) is 1.00. The van der Waals surface area contributed by atoms with Gasteiger partial charge in [0.2, 0.25) is 0 Å². The smallest absolute Gasteiger partial charge is 0.0701 e. The molecular weight excluding hydrogens is 274 g/mol. The van der Waals surface area contributed by atoms with Gasteiger partial charge in [0.25, 0.3) is 0 Å². The van der Waals surface area contributed by atoms with Crippen molar-refractivity contribution in [1.29, 1.82) is 0 Å². The second kappa shape index (κ2) is 17.2. The average Bonchev–Trinajstić information content (AvgIpc) is 2.47. The number of hydrogen-bond acceptors (Lipinski definition) is 5. The zero-order chi connectivity index (χ0) is 14.9. The Balaban J connectivity index is 2.96. The molecule has 0 saturated heterocycles. The molecule has 0 saturated carbocycles. The van der Waals surface area contributed by atoms with Crippen LogP contribution in [0.1, 0.15) is 33.1 Å². The maximum atomic E-state index is 5.48. The molecule has 1 unspecified atom stereocenters. The van der Waals surface area contributed by atoms with Gasteiger partial charge in [0.05, 0.1) is 33.0 Å². The van der Waals surface area contributed by atoms with E-state index in [-0.39, 0.29) is 0 Å². The number of hydrogen-bond donors (Lipinski definition) is 1. The largest absolute Gasteiger partial charge is 0.379 e. The van der Waals surface area contributed by atoms with Gasteiger partial charge >= 0.3 is 0 Å². The van der Waals surface area contributed by atoms with Crippen LogP contribution in [0.4, 0.5) is 0 Å². The van der Waals surface area contributed by atoms with Crippen molar-refractivity contribution < 1.29 is 14.2 Å². The van der Waals surface area contributed by atoms with Gasteiger partial charge in [-0.15, -0.1) is 0 Å². The molecule has 122 valence electrons. The topological polar surface area (TPSA) is 39.7 Å². The molecule has 20 heavy (non-hydrogen) atoms. The molecule has 0 amide bonds. The van der Waals surface area contributed by atoms with Gasteiger partial charge in [-0.2, -0.15) is 11.8 Å². The van der Waals surface area contributed by atoms with Gasteiger partial charge in [0, 0.05) is 18.4 Å². The fourth-order valence-electron chi connectivity index (χ4n) is 1.48. The zero-order valence-corrected chi connectivity index (χ0v) is 14.3. The van der Waals surface area contributed by atoms with Crippen LogP contribution >= 0.6 is 11.8 Å². The van der Waals surface area contributed by atoms with Crippen molar-refractivity contribution >= 4 is 11.8 Å². The third kappa shape index (κ3) is 16.2. The molecule has 0 aliphatic rings. The second-order valence-corrected chi connectivity index (χ2v) is 6.05. The Morgan fingerprint density at radius 3 is 2.10 bits per heavy atom. The van der Waals surface area contributed by atoms with Crippen molar-refractivity contribution in [2.75, 3.05) is 59.0 Å². The van der Waals surface area contributed by atoms with Crippen LogP contribution in [0, 0.1) is 0 Å². The van der Waals surface area contributed by atoms with E-state index in [9.17, 15) is 0 Å². The van der Waals surface area contributed by atoms with E-state index < -0.39 is 0 Å². The Kier molecular flexibility index (Phi) is 17.4. The lowest BCUT2D eigenvalue weighted by molar-refractivity contribution is 0.0147. The zero-order valence-electron chi connectivity index (χ0n) is 13.5. The molecular formula is C15H33NO3S. The van der Waals surface area contributed by atoms with Crippen molar-refractivity contribution in [3.05, 3.63) is 0 Å². The van der Waals surface area contributed by atoms with Crippen LogP contribution in [0.3, 0.4) is 0 Å². The Morgan fingerprint density at radius 2 is 1.50 bits per heavy atom. The fourth-order valence-corrected chi connectivity index (χ4v) is 1.83. The number of rotatable bonds is 16. The minimum absolute atomic E-state index is 0.653. The van der Waals surface area contributed by atoms with Crippen LogP contribution < -0.4 is 5.32 Å². The van der Waals surface area contributed by atoms with E-state index in [1.54, 1.807) is 0 Å². The molecule has 0 bridgehead atoms. The SMILES string of the molecule is CCCCOCCOCCOCCNCCC(C)SC. The van der Waals surface area contributed by atoms with E-state index >= 15 is 0 Å². The summed E-state index contributed by atoms with van der Waals surface area (Å²) in [6.45, 7) is 10.7. The number of thioether (sulfide) groups is 1. The molecule has 0 rings (SSSR count). The second-order valence-electron chi connectivity index (χ2n) is 4.78. The standard InChI is InChI=1S/C15H33NO3S/c1-4-5-9-17-11-13-19-14-12-18-10-8-16-7-6-15(2)20-3/h15-16H,4-14H2,1-3H3. The molecule has 0 aromatic carbocycles. The molecule has 1 N–H and O–H groups in total. The van der Waals surface area contributed by atoms with Crippen molar-refractivity contribution in [1.82, 2.24) is 5.32 Å². The Hall–Kier alpha value is 0.190. The van der Waals surface area contributed by atoms with Crippen LogP contribution in [0.15, 0.2) is 0 Å². The third-order valence-corrected chi connectivity index (χ3v) is 3.98. The molecule has 5 heteroatoms. The van der Waals surface area contributed by atoms with Crippen molar-refractivity contribution in [3.8, 4) is 0 Å². The van der Waals surface area contributed by atoms with Crippen LogP contribution in [0.25, 0.3) is 0 Å². The lowest BCUT2D eigenvalue weighted by atomic mass is 10.3. The van der Waals surface area contributed by atoms with Gasteiger partial charge in [0.1, 0.15) is 0 Å². The van der Waals surface area contributed by atoms with E-state index in [1.807, 2.05) is 11.8 Å². The Bertz CT molecular complexity index is 185. The first kappa shape index (κ1) is 20.2. The lowest BCUT2D eigenvalue weighted by Crippen LogP contribution is -2.23. The van der Waals surface area contributed by atoms with Crippen molar-refractivity contribution in [2.45, 2.75) is 38.4 Å². The number of ether oxygens (including phenoxy) is 3. The predicted octanol–water partition coefficient (Wildman–Crippen LogP) is 2.57. The van der Waals surface area contributed by atoms with E-state index in [0.29, 0.717) is 26.4 Å². The normalized spacial score (nSPS) is 12.8. The van der Waals surface area contributed by atoms with Crippen LogP contribution in [-0.4, -0.2) is 64.2 Å². The molecule has 4 nitrogen and oxygen atoms in total. The summed E-state index contributed by atoms with van der Waals surface area (Å²) in [5.74, 6) is 0. The summed E-state index contributed by atoms with van der Waals surface area (Å²) in [5.41, 5.74) is 0. The van der Waals surface area contributed by atoms with E-state index in [2.05, 4.69) is 25.4 Å². The Labute approximate surface area is 129 Å². The highest BCUT2D eigenvalue weighted by Crippen LogP contribution is 2.07. The minimum atomic E-state index is 0.653. The van der Waals surface area contributed by atoms with Crippen molar-refractivity contribution in [2.24, 2.45) is 0 Å². The summed E-state index contributed by atoms with van der Waals surface area (Å²) < 4.78 is 16.3. The summed E-state index contributed by atoms with van der Waals surface area (Å²) in [6, 6.07) is 0. The molecule has 0 fully saturated rings. The number of nitrogens with one attached hydrogen (secondary N) is 1. The quantitative estimate of drug-likeness (QED) is 0.444. The van der Waals surface area contributed by atoms with Crippen LogP contribution in [0.5, 0.6) is 0 Å². The third-order valence-electron chi connectivity index (χ3n) is 2.94. The van der Waals surface area contributed by atoms with Gasteiger partial charge in [-0.05, 0) is 25.6 Å². The van der Waals surface area contributed by atoms with Crippen LogP contribution in [-0.2, 0) is 14.2 Å². The van der Waals surface area contributed by atoms with Gasteiger partial charge in [-0.25, -0.2) is 0 Å². The molecule has 0 aliphatic carbocycles. The summed E-state index contributed by atoms with van der Waals surface area (Å²) in [6.07, 6.45) is 5.68. The van der Waals surface area contributed by atoms with Gasteiger partial charge in [-0.3, -0.25) is 0 Å². The molecule has 0 spiro atoms. The van der Waals surface area contributed by atoms with Crippen molar-refractivity contribution in [3.63, 3.8) is 0 Å². The molecule has 0 aliphatic heterocycles. The molecule has 0 radical (unpaired) electrons. The van der Waals surface area contributed by atoms with Gasteiger partial charge in [0.15, 0.2) is 0 Å². The monoisotopic (exact) mass is 307 g/mol. The Morgan fingerprint density at radius 1 is 0.900 bits per heavy atom. The van der Waals surface area contributed by atoms with E-state index in [4.69, 9.17) is 14.2 Å². The summed E-state index contributed by atoms with van der Waals surface area (Å²) in [4.78, 5) is 0. The highest BCUT2D eigenvalue weighted by molar-refractivity contribution is 7.99. The predicted molar refractivity (Wildman–Crippen MR) is 87.8 cm³/mol. The first-order valence-electron chi connectivity index (χ1n) is 7.78. The number of unbranched alkanes of at least 4 members (excludes halogenated alkanes) is 1. The highest BCUT2D eigenvalue weighted by Gasteiger charge is 1.97. The first-order chi connectivity index (χ1) is 9.81.